The molecule has 4 aromatic rings. The zero-order valence-electron chi connectivity index (χ0n) is 15.9. The van der Waals surface area contributed by atoms with E-state index >= 15 is 0 Å². The molecule has 0 aliphatic carbocycles. The van der Waals surface area contributed by atoms with Crippen molar-refractivity contribution in [1.82, 2.24) is 19.7 Å². The normalized spacial score (nSPS) is 10.9. The number of hydrogen-bond acceptors (Lipinski definition) is 6. The lowest BCUT2D eigenvalue weighted by Gasteiger charge is -2.14. The first-order valence-electron chi connectivity index (χ1n) is 8.63. The van der Waals surface area contributed by atoms with Crippen LogP contribution in [0.4, 0.5) is 20.2 Å². The van der Waals surface area contributed by atoms with E-state index in [9.17, 15) is 8.78 Å². The van der Waals surface area contributed by atoms with E-state index in [-0.39, 0.29) is 17.2 Å². The van der Waals surface area contributed by atoms with E-state index in [0.29, 0.717) is 22.4 Å². The summed E-state index contributed by atoms with van der Waals surface area (Å²) in [5.41, 5.74) is 2.72. The number of aryl methyl sites for hydroxylation is 1. The minimum Gasteiger partial charge on any atom is -0.493 e. The van der Waals surface area contributed by atoms with E-state index in [1.165, 1.54) is 14.2 Å². The quantitative estimate of drug-likeness (QED) is 0.547. The molecule has 2 heterocycles. The molecule has 0 bridgehead atoms. The van der Waals surface area contributed by atoms with Gasteiger partial charge >= 0.3 is 0 Å². The van der Waals surface area contributed by atoms with Crippen LogP contribution >= 0.6 is 0 Å². The van der Waals surface area contributed by atoms with Gasteiger partial charge in [-0.05, 0) is 18.2 Å². The maximum atomic E-state index is 14.6. The zero-order chi connectivity index (χ0) is 20.5. The largest absolute Gasteiger partial charge is 0.493 e. The summed E-state index contributed by atoms with van der Waals surface area (Å²) in [5.74, 6) is -1.99. The van der Waals surface area contributed by atoms with Gasteiger partial charge in [0.2, 0.25) is 0 Å². The van der Waals surface area contributed by atoms with Crippen molar-refractivity contribution in [2.75, 3.05) is 19.5 Å². The minimum absolute atomic E-state index is 0.134. The molecule has 0 spiro atoms. The molecule has 1 N–H and O–H groups in total. The molecule has 0 aliphatic rings. The second-order valence-electron chi connectivity index (χ2n) is 6.27. The Labute approximate surface area is 164 Å². The first-order chi connectivity index (χ1) is 14.0. The van der Waals surface area contributed by atoms with Crippen molar-refractivity contribution < 1.29 is 18.3 Å². The highest BCUT2D eigenvalue weighted by atomic mass is 19.1. The predicted octanol–water partition coefficient (Wildman–Crippen LogP) is 4.07. The molecule has 0 amide bonds. The van der Waals surface area contributed by atoms with E-state index in [1.54, 1.807) is 35.3 Å². The number of ether oxygens (including phenoxy) is 2. The molecule has 0 fully saturated rings. The predicted molar refractivity (Wildman–Crippen MR) is 104 cm³/mol. The molecule has 9 heteroatoms. The van der Waals surface area contributed by atoms with Crippen LogP contribution in [0, 0.1) is 11.6 Å². The lowest BCUT2D eigenvalue weighted by Crippen LogP contribution is -2.03. The van der Waals surface area contributed by atoms with Crippen LogP contribution in [0.2, 0.25) is 0 Å². The molecule has 29 heavy (non-hydrogen) atoms. The summed E-state index contributed by atoms with van der Waals surface area (Å²) < 4.78 is 40.8. The fourth-order valence-electron chi connectivity index (χ4n) is 2.92. The van der Waals surface area contributed by atoms with Crippen LogP contribution in [0.15, 0.2) is 42.9 Å². The van der Waals surface area contributed by atoms with Gasteiger partial charge < -0.3 is 14.8 Å². The second kappa shape index (κ2) is 7.34. The third kappa shape index (κ3) is 3.42. The highest BCUT2D eigenvalue weighted by Gasteiger charge is 2.20. The van der Waals surface area contributed by atoms with Gasteiger partial charge in [-0.1, -0.05) is 0 Å². The van der Waals surface area contributed by atoms with Gasteiger partial charge in [0.15, 0.2) is 23.1 Å². The Hall–Kier alpha value is -3.75. The van der Waals surface area contributed by atoms with E-state index in [0.717, 1.165) is 11.6 Å². The van der Waals surface area contributed by atoms with Gasteiger partial charge in [-0.3, -0.25) is 9.67 Å². The molecular formula is C20H17F2N5O2. The SMILES string of the molecule is COc1cc(OC)c(F)c(Nc2ccc3ncc(-c4cnn(C)c4)nc3c2)c1F. The molecule has 0 saturated carbocycles. The maximum Gasteiger partial charge on any atom is 0.191 e. The molecule has 0 unspecified atom stereocenters. The first-order valence-corrected chi connectivity index (χ1v) is 8.63. The summed E-state index contributed by atoms with van der Waals surface area (Å²) >= 11 is 0. The van der Waals surface area contributed by atoms with Crippen molar-refractivity contribution >= 4 is 22.4 Å². The smallest absolute Gasteiger partial charge is 0.191 e. The third-order valence-corrected chi connectivity index (χ3v) is 4.39. The number of benzene rings is 2. The van der Waals surface area contributed by atoms with Crippen molar-refractivity contribution in [1.29, 1.82) is 0 Å². The van der Waals surface area contributed by atoms with Crippen LogP contribution in [0.3, 0.4) is 0 Å². The zero-order valence-corrected chi connectivity index (χ0v) is 15.9. The van der Waals surface area contributed by atoms with Crippen LogP contribution in [0.25, 0.3) is 22.3 Å². The molecule has 0 aliphatic heterocycles. The summed E-state index contributed by atoms with van der Waals surface area (Å²) in [7, 11) is 4.40. The Bertz CT molecular complexity index is 1180. The Kier molecular flexibility index (Phi) is 4.71. The molecule has 0 radical (unpaired) electrons. The van der Waals surface area contributed by atoms with Gasteiger partial charge in [-0.15, -0.1) is 0 Å². The number of aromatic nitrogens is 4. The number of rotatable bonds is 5. The summed E-state index contributed by atoms with van der Waals surface area (Å²) in [6.07, 6.45) is 5.16. The third-order valence-electron chi connectivity index (χ3n) is 4.39. The Morgan fingerprint density at radius 3 is 2.31 bits per heavy atom. The number of anilines is 2. The number of hydrogen-bond donors (Lipinski definition) is 1. The van der Waals surface area contributed by atoms with E-state index in [2.05, 4.69) is 20.4 Å². The molecule has 2 aromatic heterocycles. The van der Waals surface area contributed by atoms with Crippen molar-refractivity contribution in [3.63, 3.8) is 0 Å². The molecule has 0 atom stereocenters. The van der Waals surface area contributed by atoms with Crippen LogP contribution < -0.4 is 14.8 Å². The molecule has 2 aromatic carbocycles. The van der Waals surface area contributed by atoms with Crippen molar-refractivity contribution in [3.05, 3.63) is 54.5 Å². The van der Waals surface area contributed by atoms with Crippen molar-refractivity contribution in [3.8, 4) is 22.8 Å². The minimum atomic E-state index is -0.860. The number of methoxy groups -OCH3 is 2. The standard InChI is InChI=1S/C20H17F2N5O2/c1-27-10-11(8-24-27)15-9-23-13-5-4-12(6-14(13)26-15)25-20-18(21)16(28-2)7-17(29-3)19(20)22/h4-10,25H,1-3H3. The van der Waals surface area contributed by atoms with Crippen LogP contribution in [-0.2, 0) is 7.05 Å². The molecular weight excluding hydrogens is 380 g/mol. The summed E-state index contributed by atoms with van der Waals surface area (Å²) in [5, 5.41) is 6.88. The average molecular weight is 397 g/mol. The molecule has 7 nitrogen and oxygen atoms in total. The monoisotopic (exact) mass is 397 g/mol. The van der Waals surface area contributed by atoms with E-state index in [4.69, 9.17) is 9.47 Å². The highest BCUT2D eigenvalue weighted by Crippen LogP contribution is 2.36. The van der Waals surface area contributed by atoms with Crippen LogP contribution in [0.5, 0.6) is 11.5 Å². The highest BCUT2D eigenvalue weighted by molar-refractivity contribution is 5.82. The number of fused-ring (bicyclic) bond motifs is 1. The molecule has 0 saturated heterocycles. The fourth-order valence-corrected chi connectivity index (χ4v) is 2.92. The van der Waals surface area contributed by atoms with Gasteiger partial charge in [-0.25, -0.2) is 13.8 Å². The lowest BCUT2D eigenvalue weighted by atomic mass is 10.2. The lowest BCUT2D eigenvalue weighted by molar-refractivity contribution is 0.360. The van der Waals surface area contributed by atoms with E-state index in [1.807, 2.05) is 13.2 Å². The van der Waals surface area contributed by atoms with Gasteiger partial charge in [0, 0.05) is 30.6 Å². The molecule has 4 rings (SSSR count). The summed E-state index contributed by atoms with van der Waals surface area (Å²) in [4.78, 5) is 8.97. The number of nitrogens with one attached hydrogen (secondary N) is 1. The number of halogens is 2. The van der Waals surface area contributed by atoms with Gasteiger partial charge in [0.1, 0.15) is 5.69 Å². The topological polar surface area (TPSA) is 74.1 Å². The second-order valence-corrected chi connectivity index (χ2v) is 6.27. The van der Waals surface area contributed by atoms with Gasteiger partial charge in [0.25, 0.3) is 0 Å². The summed E-state index contributed by atoms with van der Waals surface area (Å²) in [6.45, 7) is 0. The van der Waals surface area contributed by atoms with Gasteiger partial charge in [-0.2, -0.15) is 5.10 Å². The maximum absolute atomic E-state index is 14.6. The van der Waals surface area contributed by atoms with Crippen LogP contribution in [0.1, 0.15) is 0 Å². The van der Waals surface area contributed by atoms with Crippen molar-refractivity contribution in [2.45, 2.75) is 0 Å². The van der Waals surface area contributed by atoms with Gasteiger partial charge in [0.05, 0.1) is 43.3 Å². The van der Waals surface area contributed by atoms with Crippen LogP contribution in [-0.4, -0.2) is 34.0 Å². The first kappa shape index (κ1) is 18.6. The average Bonchev–Trinajstić information content (AvgIpc) is 3.17. The Morgan fingerprint density at radius 1 is 0.966 bits per heavy atom. The Morgan fingerprint density at radius 2 is 1.69 bits per heavy atom. The number of nitrogens with zero attached hydrogens (tertiary/aromatic N) is 4. The van der Waals surface area contributed by atoms with Crippen molar-refractivity contribution in [2.24, 2.45) is 7.05 Å². The summed E-state index contributed by atoms with van der Waals surface area (Å²) in [6, 6.07) is 6.19. The Balaban J connectivity index is 1.75. The molecule has 148 valence electrons. The fraction of sp³-hybridized carbons (Fsp3) is 0.150. The van der Waals surface area contributed by atoms with E-state index < -0.39 is 11.6 Å².